The first-order valence-electron chi connectivity index (χ1n) is 22.5. The van der Waals surface area contributed by atoms with Crippen molar-refractivity contribution < 1.29 is 4.39 Å². The third kappa shape index (κ3) is 12.9. The van der Waals surface area contributed by atoms with Crippen molar-refractivity contribution in [1.82, 2.24) is 9.97 Å². The van der Waals surface area contributed by atoms with Gasteiger partial charge < -0.3 is 14.7 Å². The molecule has 1 aromatic heterocycles. The first-order chi connectivity index (χ1) is 26.5. The van der Waals surface area contributed by atoms with Gasteiger partial charge in [-0.2, -0.15) is 0 Å². The van der Waals surface area contributed by atoms with Crippen LogP contribution in [-0.2, 0) is 0 Å². The molecule has 3 fully saturated rings. The summed E-state index contributed by atoms with van der Waals surface area (Å²) in [5.41, 5.74) is 5.93. The second-order valence-corrected chi connectivity index (χ2v) is 19.3. The molecule has 0 amide bonds. The number of rotatable bonds is 9. The minimum absolute atomic E-state index is 0.0570. The SMILES string of the molecule is CC(C)c1ccc(N2CCC(C(C)C)CC2)cc1.CC(C)c1ccc(N2CCC(C(C)C)CC2)cc1F.CC(C)c1cnc(N2CCC(C(C)C)C(C)C2)nc1. The first kappa shape index (κ1) is 45.6. The molecule has 0 saturated carbocycles. The zero-order chi connectivity index (χ0) is 41.1. The van der Waals surface area contributed by atoms with Crippen molar-refractivity contribution in [2.75, 3.05) is 54.0 Å². The lowest BCUT2D eigenvalue weighted by atomic mass is 9.79. The average Bonchev–Trinajstić information content (AvgIpc) is 3.18. The molecule has 0 aliphatic carbocycles. The highest BCUT2D eigenvalue weighted by Crippen LogP contribution is 2.33. The van der Waals surface area contributed by atoms with Crippen LogP contribution in [0.25, 0.3) is 0 Å². The normalized spacial score (nSPS) is 19.9. The van der Waals surface area contributed by atoms with Gasteiger partial charge in [-0.1, -0.05) is 108 Å². The number of piperidine rings is 3. The molecule has 312 valence electrons. The molecule has 5 nitrogen and oxygen atoms in total. The van der Waals surface area contributed by atoms with E-state index < -0.39 is 0 Å². The van der Waals surface area contributed by atoms with Gasteiger partial charge in [-0.3, -0.25) is 0 Å². The van der Waals surface area contributed by atoms with E-state index in [1.807, 2.05) is 32.3 Å². The molecule has 6 heteroatoms. The standard InChI is InChI=1S/C17H26FN.C17H27N.C16H27N3/c1-12(2)14-7-9-19(10-8-14)15-5-6-16(13(3)4)17(18)11-15;1-13(2)15-5-7-17(8-6-15)18-11-9-16(10-12-18)14(3)4;1-11(2)14-8-17-16(18-9-14)19-7-6-15(12(3)4)13(5)10-19/h5-6,11-14H,7-10H2,1-4H3;5-8,13-14,16H,9-12H2,1-4H3;8-9,11-13,15H,6-7,10H2,1-5H3. The predicted molar refractivity (Wildman–Crippen MR) is 241 cm³/mol. The van der Waals surface area contributed by atoms with E-state index in [2.05, 4.69) is 131 Å². The van der Waals surface area contributed by atoms with E-state index in [0.717, 1.165) is 84.8 Å². The number of nitrogens with zero attached hydrogens (tertiary/aromatic N) is 5. The summed E-state index contributed by atoms with van der Waals surface area (Å²) in [5.74, 6) is 7.93. The highest BCUT2D eigenvalue weighted by molar-refractivity contribution is 5.49. The Labute approximate surface area is 343 Å². The quantitative estimate of drug-likeness (QED) is 0.217. The van der Waals surface area contributed by atoms with Crippen LogP contribution in [0.1, 0.15) is 157 Å². The van der Waals surface area contributed by atoms with E-state index in [1.54, 1.807) is 6.07 Å². The van der Waals surface area contributed by atoms with Crippen molar-refractivity contribution in [2.24, 2.45) is 41.4 Å². The Bertz CT molecular complexity index is 1550. The van der Waals surface area contributed by atoms with Crippen LogP contribution in [0.5, 0.6) is 0 Å². The zero-order valence-electron chi connectivity index (χ0n) is 37.9. The fourth-order valence-electron chi connectivity index (χ4n) is 9.03. The molecular formula is C50H80FN5. The molecule has 2 atom stereocenters. The van der Waals surface area contributed by atoms with E-state index >= 15 is 0 Å². The first-order valence-corrected chi connectivity index (χ1v) is 22.5. The Kier molecular flexibility index (Phi) is 17.5. The highest BCUT2D eigenvalue weighted by Gasteiger charge is 2.29. The Morgan fingerprint density at radius 2 is 1.00 bits per heavy atom. The van der Waals surface area contributed by atoms with Crippen molar-refractivity contribution in [3.8, 4) is 0 Å². The van der Waals surface area contributed by atoms with Gasteiger partial charge in [0.1, 0.15) is 5.82 Å². The van der Waals surface area contributed by atoms with Crippen LogP contribution in [-0.4, -0.2) is 49.2 Å². The lowest BCUT2D eigenvalue weighted by molar-refractivity contribution is 0.227. The van der Waals surface area contributed by atoms with Gasteiger partial charge in [-0.15, -0.1) is 0 Å². The number of hydrogen-bond acceptors (Lipinski definition) is 5. The van der Waals surface area contributed by atoms with Crippen LogP contribution < -0.4 is 14.7 Å². The van der Waals surface area contributed by atoms with Crippen molar-refractivity contribution >= 4 is 17.3 Å². The van der Waals surface area contributed by atoms with E-state index in [4.69, 9.17) is 0 Å². The number of halogens is 1. The monoisotopic (exact) mass is 770 g/mol. The minimum atomic E-state index is -0.0570. The Balaban J connectivity index is 0.000000187. The molecule has 56 heavy (non-hydrogen) atoms. The summed E-state index contributed by atoms with van der Waals surface area (Å²) < 4.78 is 14.0. The highest BCUT2D eigenvalue weighted by atomic mass is 19.1. The molecule has 3 aromatic rings. The predicted octanol–water partition coefficient (Wildman–Crippen LogP) is 13.2. The molecule has 2 aromatic carbocycles. The van der Waals surface area contributed by atoms with Gasteiger partial charge in [-0.25, -0.2) is 14.4 Å². The summed E-state index contributed by atoms with van der Waals surface area (Å²) in [4.78, 5) is 16.3. The van der Waals surface area contributed by atoms with Crippen molar-refractivity contribution in [2.45, 2.75) is 140 Å². The maximum absolute atomic E-state index is 14.0. The smallest absolute Gasteiger partial charge is 0.225 e. The minimum Gasteiger partial charge on any atom is -0.372 e. The molecule has 2 unspecified atom stereocenters. The lowest BCUT2D eigenvalue weighted by Crippen LogP contribution is -2.41. The maximum atomic E-state index is 14.0. The van der Waals surface area contributed by atoms with Crippen LogP contribution in [0.2, 0.25) is 0 Å². The second kappa shape index (κ2) is 21.6. The van der Waals surface area contributed by atoms with Gasteiger partial charge in [-0.05, 0) is 132 Å². The molecule has 0 N–H and O–H groups in total. The van der Waals surface area contributed by atoms with Crippen LogP contribution in [0, 0.1) is 47.2 Å². The van der Waals surface area contributed by atoms with Crippen molar-refractivity contribution in [3.63, 3.8) is 0 Å². The summed E-state index contributed by atoms with van der Waals surface area (Å²) >= 11 is 0. The lowest BCUT2D eigenvalue weighted by Gasteiger charge is -2.38. The summed E-state index contributed by atoms with van der Waals surface area (Å²) in [7, 11) is 0. The molecule has 3 saturated heterocycles. The fraction of sp³-hybridized carbons (Fsp3) is 0.680. The zero-order valence-corrected chi connectivity index (χ0v) is 37.9. The van der Waals surface area contributed by atoms with Crippen molar-refractivity contribution in [1.29, 1.82) is 0 Å². The third-order valence-electron chi connectivity index (χ3n) is 13.3. The number of benzene rings is 2. The third-order valence-corrected chi connectivity index (χ3v) is 13.3. The van der Waals surface area contributed by atoms with Gasteiger partial charge in [0.2, 0.25) is 5.95 Å². The molecule has 0 bridgehead atoms. The molecule has 0 spiro atoms. The van der Waals surface area contributed by atoms with Gasteiger partial charge in [0.15, 0.2) is 0 Å². The van der Waals surface area contributed by atoms with E-state index in [9.17, 15) is 4.39 Å². The van der Waals surface area contributed by atoms with Crippen molar-refractivity contribution in [3.05, 3.63) is 77.4 Å². The topological polar surface area (TPSA) is 35.5 Å². The summed E-state index contributed by atoms with van der Waals surface area (Å²) in [5, 5.41) is 0. The van der Waals surface area contributed by atoms with Gasteiger partial charge in [0.25, 0.3) is 0 Å². The largest absolute Gasteiger partial charge is 0.372 e. The van der Waals surface area contributed by atoms with Crippen LogP contribution in [0.3, 0.4) is 0 Å². The van der Waals surface area contributed by atoms with E-state index in [-0.39, 0.29) is 11.7 Å². The summed E-state index contributed by atoms with van der Waals surface area (Å²) in [6.07, 6.45) is 10.4. The molecule has 3 aliphatic rings. The average molecular weight is 770 g/mol. The number of anilines is 3. The molecule has 0 radical (unpaired) electrons. The van der Waals surface area contributed by atoms with Crippen LogP contribution in [0.4, 0.5) is 21.7 Å². The van der Waals surface area contributed by atoms with E-state index in [1.165, 1.54) is 62.0 Å². The van der Waals surface area contributed by atoms with Gasteiger partial charge in [0, 0.05) is 63.0 Å². The molecule has 4 heterocycles. The Morgan fingerprint density at radius 3 is 1.41 bits per heavy atom. The van der Waals surface area contributed by atoms with E-state index in [0.29, 0.717) is 11.8 Å². The number of hydrogen-bond donors (Lipinski definition) is 0. The summed E-state index contributed by atoms with van der Waals surface area (Å²) in [6, 6.07) is 14.9. The number of aromatic nitrogens is 2. The van der Waals surface area contributed by atoms with Crippen LogP contribution >= 0.6 is 0 Å². The molecular weight excluding hydrogens is 690 g/mol. The fourth-order valence-corrected chi connectivity index (χ4v) is 9.03. The van der Waals surface area contributed by atoms with Gasteiger partial charge >= 0.3 is 0 Å². The second-order valence-electron chi connectivity index (χ2n) is 19.3. The van der Waals surface area contributed by atoms with Crippen LogP contribution in [0.15, 0.2) is 54.9 Å². The molecule has 6 rings (SSSR count). The summed E-state index contributed by atoms with van der Waals surface area (Å²) in [6.45, 7) is 36.0. The Hall–Kier alpha value is -3.15. The Morgan fingerprint density at radius 1 is 0.536 bits per heavy atom. The maximum Gasteiger partial charge on any atom is 0.225 e. The van der Waals surface area contributed by atoms with Gasteiger partial charge in [0.05, 0.1) is 0 Å². The molecule has 3 aliphatic heterocycles.